The zero-order valence-electron chi connectivity index (χ0n) is 41.8. The molecule has 10 nitrogen and oxygen atoms in total. The average molecular weight is 1100 g/mol. The van der Waals surface area contributed by atoms with Gasteiger partial charge in [0.1, 0.15) is 23.3 Å². The summed E-state index contributed by atoms with van der Waals surface area (Å²) in [5.41, 5.74) is 9.21. The molecule has 2 N–H and O–H groups in total. The number of benzene rings is 8. The molecule has 79 heavy (non-hydrogen) atoms. The average Bonchev–Trinajstić information content (AvgIpc) is 3.83. The number of hydrogen-bond donors (Lipinski definition) is 2. The van der Waals surface area contributed by atoms with Gasteiger partial charge < -0.3 is 19.5 Å². The Hall–Kier alpha value is -9.13. The first-order valence-corrected chi connectivity index (χ1v) is 26.3. The van der Waals surface area contributed by atoms with Crippen LogP contribution in [0.15, 0.2) is 213 Å². The van der Waals surface area contributed by atoms with E-state index in [1.54, 1.807) is 60.9 Å². The van der Waals surface area contributed by atoms with Gasteiger partial charge in [-0.1, -0.05) is 190 Å². The van der Waals surface area contributed by atoms with Crippen molar-refractivity contribution < 1.29 is 10.2 Å². The van der Waals surface area contributed by atoms with Gasteiger partial charge in [0, 0.05) is 34.4 Å². The number of phenols is 2. The van der Waals surface area contributed by atoms with Gasteiger partial charge in [-0.2, -0.15) is 5.26 Å². The topological polar surface area (TPSA) is 128 Å². The summed E-state index contributed by atoms with van der Waals surface area (Å²) in [7, 11) is 0. The molecule has 0 aliphatic carbocycles. The smallest absolute Gasteiger partial charge is 0.327 e. The molecule has 0 spiro atoms. The second kappa shape index (κ2) is 22.5. The number of nitrogens with zero attached hydrogens (tertiary/aromatic N) is 8. The highest BCUT2D eigenvalue weighted by molar-refractivity contribution is 6.84. The van der Waals surface area contributed by atoms with Crippen molar-refractivity contribution in [2.45, 2.75) is 6.92 Å². The number of rotatable bonds is 12. The van der Waals surface area contributed by atoms with E-state index in [1.807, 2.05) is 133 Å². The minimum Gasteiger partial charge on any atom is -0.508 e. The van der Waals surface area contributed by atoms with Crippen LogP contribution in [0.2, 0.25) is 20.1 Å². The van der Waals surface area contributed by atoms with Crippen LogP contribution < -0.4 is 32.4 Å². The molecule has 11 aromatic rings. The third-order valence-corrected chi connectivity index (χ3v) is 15.1. The lowest BCUT2D eigenvalue weighted by molar-refractivity contribution is 0.475. The van der Waals surface area contributed by atoms with Crippen molar-refractivity contribution in [3.63, 3.8) is 0 Å². The number of aromatic nitrogens is 5. The third-order valence-electron chi connectivity index (χ3n) is 13.6. The van der Waals surface area contributed by atoms with Gasteiger partial charge in [0.15, 0.2) is 0 Å². The minimum atomic E-state index is -0.702. The summed E-state index contributed by atoms with van der Waals surface area (Å²) in [4.78, 5) is 26.2. The Morgan fingerprint density at radius 2 is 1.03 bits per heavy atom. The molecule has 3 heterocycles. The predicted octanol–water partition coefficient (Wildman–Crippen LogP) is 10.9. The summed E-state index contributed by atoms with van der Waals surface area (Å²) in [6.07, 6.45) is 4.87. The Kier molecular flexibility index (Phi) is 14.8. The number of hydrogen-bond acceptors (Lipinski definition) is 8. The van der Waals surface area contributed by atoms with Gasteiger partial charge in [-0.25, -0.2) is 9.83 Å². The van der Waals surface area contributed by atoms with Crippen LogP contribution in [0, 0.1) is 24.8 Å². The van der Waals surface area contributed by atoms with Crippen molar-refractivity contribution in [1.29, 1.82) is 5.26 Å². The number of fused-ring (bicyclic) bond motifs is 2. The van der Waals surface area contributed by atoms with Crippen LogP contribution in [0.25, 0.3) is 55.1 Å². The first kappa shape index (κ1) is 51.9. The lowest BCUT2D eigenvalue weighted by Gasteiger charge is -2.32. The summed E-state index contributed by atoms with van der Waals surface area (Å²) in [5, 5.41) is 35.7. The van der Waals surface area contributed by atoms with Gasteiger partial charge in [0.25, 0.3) is 0 Å². The maximum atomic E-state index is 11.5. The zero-order valence-corrected chi connectivity index (χ0v) is 44.9. The Balaban J connectivity index is 1.43. The standard InChI is InChI=1S/C63H40B2Cl4N8O2/c1-39-59(62(41-25-29-48(79)30-26-41)76(64(43-15-7-3-8-16-43)44-17-9-4-10-18-44)38-42(35-70)57-36-72-53-31-49(66)51(68)33-55(53)74-57)63(60(71-2)58-37-73-54-32-50(67)52(69)34-56(54)75-58)77(61(39)40-23-27-47(78)28-24-40)65(45-19-11-5-12-20-45)46-21-13-6-14-22-46/h3-34,36-38,78-79H,1H3/b42-38-,62-59+,63-60+. The van der Waals surface area contributed by atoms with Gasteiger partial charge >= 0.3 is 13.7 Å². The Morgan fingerprint density at radius 3 is 1.49 bits per heavy atom. The minimum absolute atomic E-state index is 0.0157. The van der Waals surface area contributed by atoms with Gasteiger partial charge in [-0.15, -0.1) is 0 Å². The molecular weight excluding hydrogens is 1060 g/mol. The molecule has 0 saturated carbocycles. The van der Waals surface area contributed by atoms with E-state index in [0.717, 1.165) is 21.9 Å². The molecule has 0 fully saturated rings. The molecule has 0 radical (unpaired) electrons. The summed E-state index contributed by atoms with van der Waals surface area (Å²) < 4.78 is 2.17. The lowest BCUT2D eigenvalue weighted by atomic mass is 9.49. The number of halogens is 4. The van der Waals surface area contributed by atoms with Crippen LogP contribution in [0.1, 0.15) is 22.5 Å². The largest absolute Gasteiger partial charge is 0.508 e. The number of phenolic OH excluding ortho intramolecular Hbond substituents is 2. The molecule has 8 aromatic carbocycles. The fourth-order valence-electron chi connectivity index (χ4n) is 10.1. The molecule has 0 aliphatic rings. The summed E-state index contributed by atoms with van der Waals surface area (Å²) in [5.74, 6) is 0.0792. The van der Waals surface area contributed by atoms with E-state index < -0.39 is 13.7 Å². The van der Waals surface area contributed by atoms with E-state index in [4.69, 9.17) is 66.3 Å². The van der Waals surface area contributed by atoms with Gasteiger partial charge in [-0.05, 0) is 96.4 Å². The molecule has 11 rings (SSSR count). The van der Waals surface area contributed by atoms with E-state index >= 15 is 0 Å². The SMILES string of the molecule is [C-]#[N+]/C(c1cnc2cc(Cl)c(Cl)cc2n1)=c1\c(=C(/c2ccc(O)cc2)N(/C=C(/C#N)c2cnc3cc(Cl)c(Cl)cc3n2)B(c2ccccc2)c2ccccc2)c(C)c(-c2ccc(O)cc2)n1B(c1ccccc1)c1ccccc1. The maximum Gasteiger partial charge on any atom is 0.327 e. The molecule has 378 valence electrons. The molecule has 0 amide bonds. The summed E-state index contributed by atoms with van der Waals surface area (Å²) in [6, 6.07) is 62.8. The first-order chi connectivity index (χ1) is 38.5. The fourth-order valence-corrected chi connectivity index (χ4v) is 10.7. The van der Waals surface area contributed by atoms with E-state index in [9.17, 15) is 22.0 Å². The molecule has 0 atom stereocenters. The number of allylic oxidation sites excluding steroid dienone is 1. The van der Waals surface area contributed by atoms with Crippen molar-refractivity contribution in [2.24, 2.45) is 0 Å². The van der Waals surface area contributed by atoms with Crippen molar-refractivity contribution in [3.05, 3.63) is 277 Å². The van der Waals surface area contributed by atoms with E-state index in [1.165, 1.54) is 6.20 Å². The Bertz CT molecular complexity index is 4290. The monoisotopic (exact) mass is 1100 g/mol. The van der Waals surface area contributed by atoms with E-state index in [-0.39, 0.29) is 44.2 Å². The van der Waals surface area contributed by atoms with Crippen molar-refractivity contribution in [3.8, 4) is 28.8 Å². The summed E-state index contributed by atoms with van der Waals surface area (Å²) >= 11 is 26.2. The fraction of sp³-hybridized carbons (Fsp3) is 0.0159. The quantitative estimate of drug-likeness (QED) is 0.0703. The molecule has 16 heteroatoms. The predicted molar refractivity (Wildman–Crippen MR) is 321 cm³/mol. The van der Waals surface area contributed by atoms with Crippen LogP contribution in [0.3, 0.4) is 0 Å². The van der Waals surface area contributed by atoms with E-state index in [0.29, 0.717) is 70.8 Å². The molecule has 0 bridgehead atoms. The molecule has 0 saturated heterocycles. The highest BCUT2D eigenvalue weighted by atomic mass is 35.5. The van der Waals surface area contributed by atoms with Crippen LogP contribution in [0.5, 0.6) is 11.5 Å². The highest BCUT2D eigenvalue weighted by Gasteiger charge is 2.35. The number of aromatic hydroxyl groups is 2. The third kappa shape index (κ3) is 10.3. The number of nitriles is 1. The van der Waals surface area contributed by atoms with Crippen molar-refractivity contribution in [2.75, 3.05) is 0 Å². The summed E-state index contributed by atoms with van der Waals surface area (Å²) in [6.45, 7) is 10.1. The molecule has 0 unspecified atom stereocenters. The second-order valence-corrected chi connectivity index (χ2v) is 20.1. The van der Waals surface area contributed by atoms with Crippen molar-refractivity contribution in [1.82, 2.24) is 29.2 Å². The molecule has 3 aromatic heterocycles. The molecule has 0 aliphatic heterocycles. The van der Waals surface area contributed by atoms with Crippen LogP contribution in [-0.4, -0.2) is 53.1 Å². The van der Waals surface area contributed by atoms with Gasteiger partial charge in [0.05, 0.1) is 66.2 Å². The van der Waals surface area contributed by atoms with Crippen molar-refractivity contribution >= 4 is 121 Å². The molecular formula is C63H40B2Cl4N8O2. The van der Waals surface area contributed by atoms with Crippen LogP contribution >= 0.6 is 46.4 Å². The maximum absolute atomic E-state index is 11.5. The van der Waals surface area contributed by atoms with Crippen LogP contribution in [0.4, 0.5) is 0 Å². The second-order valence-electron chi connectivity index (χ2n) is 18.5. The van der Waals surface area contributed by atoms with Gasteiger partial charge in [-0.3, -0.25) is 15.0 Å². The van der Waals surface area contributed by atoms with Gasteiger partial charge in [0.2, 0.25) is 5.70 Å². The Labute approximate surface area is 475 Å². The highest BCUT2D eigenvalue weighted by Crippen LogP contribution is 2.32. The lowest BCUT2D eigenvalue weighted by Crippen LogP contribution is -2.57. The Morgan fingerprint density at radius 1 is 0.595 bits per heavy atom. The van der Waals surface area contributed by atoms with E-state index in [2.05, 4.69) is 39.7 Å². The first-order valence-electron chi connectivity index (χ1n) is 24.8. The van der Waals surface area contributed by atoms with Crippen LogP contribution in [-0.2, 0) is 0 Å². The zero-order chi connectivity index (χ0) is 54.7. The normalized spacial score (nSPS) is 12.2.